The molecule has 2 aromatic carbocycles. The first-order chi connectivity index (χ1) is 10.9. The van der Waals surface area contributed by atoms with Gasteiger partial charge in [-0.15, -0.1) is 0 Å². The zero-order valence-electron chi connectivity index (χ0n) is 13.9. The normalized spacial score (nSPS) is 11.9. The Hall–Kier alpha value is -2.00. The summed E-state index contributed by atoms with van der Waals surface area (Å²) in [6.07, 6.45) is 0. The van der Waals surface area contributed by atoms with Crippen molar-refractivity contribution in [1.29, 1.82) is 0 Å². The van der Waals surface area contributed by atoms with Crippen molar-refractivity contribution in [1.82, 2.24) is 5.32 Å². The Morgan fingerprint density at radius 2 is 1.91 bits per heavy atom. The van der Waals surface area contributed by atoms with Gasteiger partial charge >= 0.3 is 0 Å². The number of hydrogen-bond donors (Lipinski definition) is 1. The van der Waals surface area contributed by atoms with Crippen LogP contribution in [-0.2, 0) is 0 Å². The number of nitrogens with one attached hydrogen (secondary N) is 1. The minimum absolute atomic E-state index is 0.0767. The monoisotopic (exact) mass is 331 g/mol. The molecule has 4 heteroatoms. The first-order valence-corrected chi connectivity index (χ1v) is 8.10. The molecule has 0 saturated heterocycles. The van der Waals surface area contributed by atoms with Crippen LogP contribution in [0.15, 0.2) is 36.4 Å². The molecule has 0 spiro atoms. The average molecular weight is 332 g/mol. The number of aryl methyl sites for hydroxylation is 2. The summed E-state index contributed by atoms with van der Waals surface area (Å²) >= 11 is 6.14. The maximum absolute atomic E-state index is 12.4. The maximum atomic E-state index is 12.4. The van der Waals surface area contributed by atoms with Gasteiger partial charge in [-0.25, -0.2) is 0 Å². The van der Waals surface area contributed by atoms with Crippen LogP contribution in [0.25, 0.3) is 0 Å². The maximum Gasteiger partial charge on any atom is 0.251 e. The van der Waals surface area contributed by atoms with Gasteiger partial charge in [0.1, 0.15) is 5.75 Å². The number of carbonyl (C=O) groups is 1. The molecule has 1 amide bonds. The highest BCUT2D eigenvalue weighted by Gasteiger charge is 2.13. The zero-order valence-corrected chi connectivity index (χ0v) is 14.7. The molecule has 0 unspecified atom stereocenters. The third kappa shape index (κ3) is 4.26. The fraction of sp³-hybridized carbons (Fsp3) is 0.316. The van der Waals surface area contributed by atoms with E-state index in [0.717, 1.165) is 5.56 Å². The molecule has 0 aliphatic rings. The predicted octanol–water partition coefficient (Wildman–Crippen LogP) is 4.85. The van der Waals surface area contributed by atoms with E-state index in [1.807, 2.05) is 19.9 Å². The van der Waals surface area contributed by atoms with E-state index in [4.69, 9.17) is 16.3 Å². The van der Waals surface area contributed by atoms with Crippen LogP contribution in [0.4, 0.5) is 0 Å². The third-order valence-electron chi connectivity index (χ3n) is 3.87. The highest BCUT2D eigenvalue weighted by molar-refractivity contribution is 6.32. The molecule has 0 aliphatic carbocycles. The number of hydrogen-bond acceptors (Lipinski definition) is 2. The second-order valence-electron chi connectivity index (χ2n) is 5.62. The molecule has 0 aliphatic heterocycles. The molecule has 0 fully saturated rings. The van der Waals surface area contributed by atoms with Gasteiger partial charge in [0.2, 0.25) is 0 Å². The predicted molar refractivity (Wildman–Crippen MR) is 94.4 cm³/mol. The third-order valence-corrected chi connectivity index (χ3v) is 4.17. The summed E-state index contributed by atoms with van der Waals surface area (Å²) in [6, 6.07) is 11.2. The van der Waals surface area contributed by atoms with E-state index in [1.165, 1.54) is 11.1 Å². The van der Waals surface area contributed by atoms with E-state index in [0.29, 0.717) is 22.9 Å². The van der Waals surface area contributed by atoms with Crippen LogP contribution in [0.1, 0.15) is 46.9 Å². The van der Waals surface area contributed by atoms with Crippen LogP contribution in [0.3, 0.4) is 0 Å². The van der Waals surface area contributed by atoms with Gasteiger partial charge in [0, 0.05) is 5.56 Å². The lowest BCUT2D eigenvalue weighted by molar-refractivity contribution is 0.0940. The van der Waals surface area contributed by atoms with E-state index in [2.05, 4.69) is 31.3 Å². The van der Waals surface area contributed by atoms with Crippen molar-refractivity contribution in [3.05, 3.63) is 63.7 Å². The topological polar surface area (TPSA) is 38.3 Å². The van der Waals surface area contributed by atoms with Crippen molar-refractivity contribution in [2.75, 3.05) is 6.61 Å². The molecule has 1 N–H and O–H groups in total. The number of amides is 1. The fourth-order valence-electron chi connectivity index (χ4n) is 2.31. The molecule has 0 saturated carbocycles. The molecule has 3 nitrogen and oxygen atoms in total. The Balaban J connectivity index is 2.11. The molecule has 0 heterocycles. The van der Waals surface area contributed by atoms with Crippen molar-refractivity contribution in [3.63, 3.8) is 0 Å². The Morgan fingerprint density at radius 1 is 1.17 bits per heavy atom. The van der Waals surface area contributed by atoms with Crippen LogP contribution in [0.5, 0.6) is 5.75 Å². The van der Waals surface area contributed by atoms with E-state index >= 15 is 0 Å². The molecule has 2 aromatic rings. The van der Waals surface area contributed by atoms with Gasteiger partial charge in [-0.3, -0.25) is 4.79 Å². The largest absolute Gasteiger partial charge is 0.492 e. The van der Waals surface area contributed by atoms with Crippen LogP contribution >= 0.6 is 11.6 Å². The quantitative estimate of drug-likeness (QED) is 0.850. The number of benzene rings is 2. The number of rotatable bonds is 5. The lowest BCUT2D eigenvalue weighted by Gasteiger charge is -2.16. The fourth-order valence-corrected chi connectivity index (χ4v) is 2.55. The van der Waals surface area contributed by atoms with Gasteiger partial charge < -0.3 is 10.1 Å². The van der Waals surface area contributed by atoms with Gasteiger partial charge in [0.15, 0.2) is 0 Å². The van der Waals surface area contributed by atoms with E-state index < -0.39 is 0 Å². The van der Waals surface area contributed by atoms with Crippen molar-refractivity contribution in [2.24, 2.45) is 0 Å². The minimum atomic E-state index is -0.152. The Morgan fingerprint density at radius 3 is 2.52 bits per heavy atom. The summed E-state index contributed by atoms with van der Waals surface area (Å²) in [6.45, 7) is 8.54. The SMILES string of the molecule is CCOc1ccc(C(=O)N[C@@H](C)c2ccc(C)c(C)c2)cc1Cl. The van der Waals surface area contributed by atoms with Crippen molar-refractivity contribution < 1.29 is 9.53 Å². The number of ether oxygens (including phenoxy) is 1. The van der Waals surface area contributed by atoms with Crippen LogP contribution in [-0.4, -0.2) is 12.5 Å². The summed E-state index contributed by atoms with van der Waals surface area (Å²) in [5, 5.41) is 3.44. The van der Waals surface area contributed by atoms with E-state index in [1.54, 1.807) is 18.2 Å². The molecule has 2 rings (SSSR count). The van der Waals surface area contributed by atoms with Gasteiger partial charge in [-0.2, -0.15) is 0 Å². The highest BCUT2D eigenvalue weighted by Crippen LogP contribution is 2.26. The standard InChI is InChI=1S/C19H22ClNO2/c1-5-23-18-9-8-16(11-17(18)20)19(22)21-14(4)15-7-6-12(2)13(3)10-15/h6-11,14H,5H2,1-4H3,(H,21,22)/t14-/m0/s1. The zero-order chi connectivity index (χ0) is 17.0. The van der Waals surface area contributed by atoms with Crippen LogP contribution in [0.2, 0.25) is 5.02 Å². The molecular formula is C19H22ClNO2. The van der Waals surface area contributed by atoms with E-state index in [9.17, 15) is 4.79 Å². The second-order valence-corrected chi connectivity index (χ2v) is 6.02. The summed E-state index contributed by atoms with van der Waals surface area (Å²) in [5.41, 5.74) is 4.06. The van der Waals surface area contributed by atoms with Crippen molar-refractivity contribution in [2.45, 2.75) is 33.7 Å². The first-order valence-electron chi connectivity index (χ1n) is 7.72. The van der Waals surface area contributed by atoms with Gasteiger partial charge in [-0.1, -0.05) is 29.8 Å². The average Bonchev–Trinajstić information content (AvgIpc) is 2.52. The second kappa shape index (κ2) is 7.51. The van der Waals surface area contributed by atoms with Crippen molar-refractivity contribution >= 4 is 17.5 Å². The van der Waals surface area contributed by atoms with Crippen LogP contribution in [0, 0.1) is 13.8 Å². The van der Waals surface area contributed by atoms with Crippen LogP contribution < -0.4 is 10.1 Å². The highest BCUT2D eigenvalue weighted by atomic mass is 35.5. The molecule has 1 atom stereocenters. The molecule has 122 valence electrons. The Bertz CT molecular complexity index is 713. The molecule has 23 heavy (non-hydrogen) atoms. The van der Waals surface area contributed by atoms with Gasteiger partial charge in [0.05, 0.1) is 17.7 Å². The Kier molecular flexibility index (Phi) is 5.67. The lowest BCUT2D eigenvalue weighted by Crippen LogP contribution is -2.26. The van der Waals surface area contributed by atoms with Gasteiger partial charge in [0.25, 0.3) is 5.91 Å². The first kappa shape index (κ1) is 17.4. The number of carbonyl (C=O) groups excluding carboxylic acids is 1. The minimum Gasteiger partial charge on any atom is -0.492 e. The summed E-state index contributed by atoms with van der Waals surface area (Å²) in [7, 11) is 0. The molecule has 0 aromatic heterocycles. The van der Waals surface area contributed by atoms with Crippen molar-refractivity contribution in [3.8, 4) is 5.75 Å². The lowest BCUT2D eigenvalue weighted by atomic mass is 10.0. The summed E-state index contributed by atoms with van der Waals surface area (Å²) in [5.74, 6) is 0.439. The summed E-state index contributed by atoms with van der Waals surface area (Å²) in [4.78, 5) is 12.4. The Labute approximate surface area is 142 Å². The number of halogens is 1. The molecule has 0 radical (unpaired) electrons. The smallest absolute Gasteiger partial charge is 0.251 e. The van der Waals surface area contributed by atoms with Gasteiger partial charge in [-0.05, 0) is 62.6 Å². The molecular weight excluding hydrogens is 310 g/mol. The molecule has 0 bridgehead atoms. The van der Waals surface area contributed by atoms with E-state index in [-0.39, 0.29) is 11.9 Å². The summed E-state index contributed by atoms with van der Waals surface area (Å²) < 4.78 is 5.38.